The van der Waals surface area contributed by atoms with E-state index in [1.807, 2.05) is 32.0 Å². The maximum atomic E-state index is 12.9. The molecule has 0 radical (unpaired) electrons. The minimum absolute atomic E-state index is 0.0517. The van der Waals surface area contributed by atoms with Gasteiger partial charge in [-0.05, 0) is 37.6 Å². The molecule has 0 aliphatic heterocycles. The van der Waals surface area contributed by atoms with Gasteiger partial charge in [0.05, 0.1) is 17.0 Å². The lowest BCUT2D eigenvalue weighted by Crippen LogP contribution is -2.18. The van der Waals surface area contributed by atoms with Crippen LogP contribution in [0.4, 0.5) is 18.9 Å². The highest BCUT2D eigenvalue weighted by Gasteiger charge is 2.33. The number of carbonyl (C=O) groups is 1. The Hall–Kier alpha value is -1.95. The van der Waals surface area contributed by atoms with Crippen LogP contribution in [0.2, 0.25) is 0 Å². The number of hydrogen-bond donors (Lipinski definition) is 1. The summed E-state index contributed by atoms with van der Waals surface area (Å²) in [4.78, 5) is 12.9. The summed E-state index contributed by atoms with van der Waals surface area (Å²) in [6, 6.07) is 10.8. The van der Waals surface area contributed by atoms with Crippen molar-refractivity contribution in [2.45, 2.75) is 24.9 Å². The van der Waals surface area contributed by atoms with Gasteiger partial charge in [-0.1, -0.05) is 29.8 Å². The molecule has 1 amide bonds. The number of carbonyl (C=O) groups excluding carboxylic acids is 1. The fourth-order valence-electron chi connectivity index (χ4n) is 2.13. The summed E-state index contributed by atoms with van der Waals surface area (Å²) < 4.78 is 38.7. The van der Waals surface area contributed by atoms with Crippen LogP contribution in [0.15, 0.2) is 47.4 Å². The summed E-state index contributed by atoms with van der Waals surface area (Å²) in [6.07, 6.45) is -4.50. The van der Waals surface area contributed by atoms with E-state index in [0.29, 0.717) is 0 Å². The van der Waals surface area contributed by atoms with Gasteiger partial charge in [-0.15, -0.1) is 11.8 Å². The molecule has 0 aliphatic rings. The van der Waals surface area contributed by atoms with E-state index in [-0.39, 0.29) is 11.4 Å². The van der Waals surface area contributed by atoms with Crippen molar-refractivity contribution in [2.24, 2.45) is 0 Å². The monoisotopic (exact) mass is 339 g/mol. The highest BCUT2D eigenvalue weighted by atomic mass is 32.2. The van der Waals surface area contributed by atoms with Crippen LogP contribution in [0.1, 0.15) is 16.7 Å². The van der Waals surface area contributed by atoms with Gasteiger partial charge in [0.25, 0.3) is 0 Å². The van der Waals surface area contributed by atoms with Crippen LogP contribution in [0, 0.1) is 13.8 Å². The van der Waals surface area contributed by atoms with E-state index in [1.54, 1.807) is 0 Å². The second-order valence-corrected chi connectivity index (χ2v) is 6.17. The maximum absolute atomic E-state index is 12.9. The number of amides is 1. The zero-order valence-electron chi connectivity index (χ0n) is 12.7. The second kappa shape index (κ2) is 7.08. The fraction of sp³-hybridized carbons (Fsp3) is 0.235. The van der Waals surface area contributed by atoms with Gasteiger partial charge < -0.3 is 5.32 Å². The lowest BCUT2D eigenvalue weighted by atomic mass is 10.1. The smallest absolute Gasteiger partial charge is 0.325 e. The number of para-hydroxylation sites is 1. The number of rotatable bonds is 4. The molecular weight excluding hydrogens is 323 g/mol. The first-order chi connectivity index (χ1) is 10.8. The molecule has 2 aromatic carbocycles. The minimum Gasteiger partial charge on any atom is -0.325 e. The highest BCUT2D eigenvalue weighted by Crippen LogP contribution is 2.34. The Morgan fingerprint density at radius 2 is 1.83 bits per heavy atom. The fourth-order valence-corrected chi connectivity index (χ4v) is 2.94. The molecule has 1 N–H and O–H groups in total. The third-order valence-corrected chi connectivity index (χ3v) is 4.37. The Kier molecular flexibility index (Phi) is 5.36. The molecule has 0 heterocycles. The summed E-state index contributed by atoms with van der Waals surface area (Å²) >= 11 is 1.30. The Labute approximate surface area is 137 Å². The first-order valence-electron chi connectivity index (χ1n) is 6.93. The maximum Gasteiger partial charge on any atom is 0.418 e. The van der Waals surface area contributed by atoms with Crippen molar-refractivity contribution < 1.29 is 18.0 Å². The predicted octanol–water partition coefficient (Wildman–Crippen LogP) is 5.05. The number of hydrogen-bond acceptors (Lipinski definition) is 2. The highest BCUT2D eigenvalue weighted by molar-refractivity contribution is 8.00. The molecule has 2 nitrogen and oxygen atoms in total. The van der Waals surface area contributed by atoms with E-state index in [1.165, 1.54) is 30.0 Å². The average Bonchev–Trinajstić information content (AvgIpc) is 2.46. The second-order valence-electron chi connectivity index (χ2n) is 5.15. The molecule has 0 fully saturated rings. The Bertz CT molecular complexity index is 713. The van der Waals surface area contributed by atoms with E-state index in [9.17, 15) is 18.0 Å². The topological polar surface area (TPSA) is 29.1 Å². The first-order valence-corrected chi connectivity index (χ1v) is 7.92. The Morgan fingerprint density at radius 3 is 2.48 bits per heavy atom. The molecule has 2 rings (SSSR count). The van der Waals surface area contributed by atoms with Crippen molar-refractivity contribution >= 4 is 23.4 Å². The molecule has 0 aromatic heterocycles. The zero-order valence-corrected chi connectivity index (χ0v) is 13.5. The normalized spacial score (nSPS) is 11.3. The molecule has 0 aliphatic carbocycles. The average molecular weight is 339 g/mol. The molecule has 0 spiro atoms. The van der Waals surface area contributed by atoms with E-state index < -0.39 is 17.6 Å². The first kappa shape index (κ1) is 17.4. The molecule has 0 saturated heterocycles. The largest absolute Gasteiger partial charge is 0.418 e. The number of nitrogens with one attached hydrogen (secondary N) is 1. The van der Waals surface area contributed by atoms with Crippen LogP contribution in [0.5, 0.6) is 0 Å². The summed E-state index contributed by atoms with van der Waals surface area (Å²) in [7, 11) is 0. The van der Waals surface area contributed by atoms with Crippen molar-refractivity contribution in [1.29, 1.82) is 0 Å². The van der Waals surface area contributed by atoms with Gasteiger partial charge in [0, 0.05) is 4.90 Å². The number of aryl methyl sites for hydroxylation is 2. The zero-order chi connectivity index (χ0) is 17.0. The standard InChI is InChI=1S/C17H16F3NOS/c1-11-7-8-15(12(2)9-11)23-10-16(22)21-14-6-4-3-5-13(14)17(18,19)20/h3-9H,10H2,1-2H3,(H,21,22). The van der Waals surface area contributed by atoms with Crippen LogP contribution in [0.3, 0.4) is 0 Å². The minimum atomic E-state index is -4.50. The molecule has 0 unspecified atom stereocenters. The van der Waals surface area contributed by atoms with E-state index >= 15 is 0 Å². The molecular formula is C17H16F3NOS. The van der Waals surface area contributed by atoms with Crippen molar-refractivity contribution in [2.75, 3.05) is 11.1 Å². The van der Waals surface area contributed by atoms with Gasteiger partial charge in [-0.25, -0.2) is 0 Å². The summed E-state index contributed by atoms with van der Waals surface area (Å²) in [5, 5.41) is 2.34. The van der Waals surface area contributed by atoms with Crippen LogP contribution in [-0.4, -0.2) is 11.7 Å². The SMILES string of the molecule is Cc1ccc(SCC(=O)Nc2ccccc2C(F)(F)F)c(C)c1. The van der Waals surface area contributed by atoms with E-state index in [4.69, 9.17) is 0 Å². The molecule has 0 atom stereocenters. The van der Waals surface area contributed by atoms with E-state index in [0.717, 1.165) is 22.1 Å². The van der Waals surface area contributed by atoms with Crippen LogP contribution in [-0.2, 0) is 11.0 Å². The molecule has 23 heavy (non-hydrogen) atoms. The number of benzene rings is 2. The lowest BCUT2D eigenvalue weighted by molar-refractivity contribution is -0.137. The van der Waals surface area contributed by atoms with Gasteiger partial charge >= 0.3 is 6.18 Å². The predicted molar refractivity (Wildman–Crippen MR) is 86.7 cm³/mol. The lowest BCUT2D eigenvalue weighted by Gasteiger charge is -2.13. The number of thioether (sulfide) groups is 1. The summed E-state index contributed by atoms with van der Waals surface area (Å²) in [5.74, 6) is -0.414. The molecule has 122 valence electrons. The van der Waals surface area contributed by atoms with Crippen LogP contribution in [0.25, 0.3) is 0 Å². The Morgan fingerprint density at radius 1 is 1.13 bits per heavy atom. The van der Waals surface area contributed by atoms with Crippen LogP contribution >= 0.6 is 11.8 Å². The van der Waals surface area contributed by atoms with Gasteiger partial charge in [0.1, 0.15) is 0 Å². The third-order valence-electron chi connectivity index (χ3n) is 3.20. The van der Waals surface area contributed by atoms with Crippen molar-refractivity contribution in [3.8, 4) is 0 Å². The molecule has 0 saturated carbocycles. The third kappa shape index (κ3) is 4.76. The van der Waals surface area contributed by atoms with E-state index in [2.05, 4.69) is 5.32 Å². The van der Waals surface area contributed by atoms with Gasteiger partial charge in [-0.3, -0.25) is 4.79 Å². The number of anilines is 1. The van der Waals surface area contributed by atoms with Crippen molar-refractivity contribution in [3.05, 3.63) is 59.2 Å². The van der Waals surface area contributed by atoms with Crippen molar-refractivity contribution in [1.82, 2.24) is 0 Å². The molecule has 2 aromatic rings. The number of halogens is 3. The number of alkyl halides is 3. The molecule has 6 heteroatoms. The quantitative estimate of drug-likeness (QED) is 0.790. The van der Waals surface area contributed by atoms with Gasteiger partial charge in [0.15, 0.2) is 0 Å². The summed E-state index contributed by atoms with van der Waals surface area (Å²) in [5.41, 5.74) is 1.10. The van der Waals surface area contributed by atoms with Crippen molar-refractivity contribution in [3.63, 3.8) is 0 Å². The van der Waals surface area contributed by atoms with Gasteiger partial charge in [0.2, 0.25) is 5.91 Å². The Balaban J connectivity index is 2.03. The van der Waals surface area contributed by atoms with Crippen LogP contribution < -0.4 is 5.32 Å². The molecule has 0 bridgehead atoms. The van der Waals surface area contributed by atoms with Gasteiger partial charge in [-0.2, -0.15) is 13.2 Å². The summed E-state index contributed by atoms with van der Waals surface area (Å²) in [6.45, 7) is 3.91.